The molecule has 1 spiro atoms. The zero-order chi connectivity index (χ0) is 25.8. The maximum Gasteiger partial charge on any atom is 0.309 e. The van der Waals surface area contributed by atoms with Crippen molar-refractivity contribution in [1.29, 1.82) is 0 Å². The summed E-state index contributed by atoms with van der Waals surface area (Å²) >= 11 is 0. The van der Waals surface area contributed by atoms with Crippen LogP contribution in [0.15, 0.2) is 17.3 Å². The van der Waals surface area contributed by atoms with E-state index < -0.39 is 17.6 Å². The molecule has 6 rings (SSSR count). The smallest absolute Gasteiger partial charge is 0.309 e. The summed E-state index contributed by atoms with van der Waals surface area (Å²) < 4.78 is 19.6. The molecule has 3 saturated heterocycles. The van der Waals surface area contributed by atoms with Gasteiger partial charge in [0.15, 0.2) is 5.60 Å². The highest BCUT2D eigenvalue weighted by molar-refractivity contribution is 5.85. The number of hydrogen-bond acceptors (Lipinski definition) is 7. The van der Waals surface area contributed by atoms with Crippen LogP contribution in [0, 0.1) is 5.41 Å². The zero-order valence-electron chi connectivity index (χ0n) is 22.0. The zero-order valence-corrected chi connectivity index (χ0v) is 22.0. The van der Waals surface area contributed by atoms with Gasteiger partial charge in [0, 0.05) is 63.1 Å². The van der Waals surface area contributed by atoms with Crippen LogP contribution in [0.2, 0.25) is 0 Å². The second-order valence-electron chi connectivity index (χ2n) is 12.1. The quantitative estimate of drug-likeness (QED) is 0.615. The molecular formula is C28H39FN4O4. The third-order valence-electron chi connectivity index (χ3n) is 9.20. The Morgan fingerprint density at radius 3 is 2.46 bits per heavy atom. The monoisotopic (exact) mass is 514 g/mol. The van der Waals surface area contributed by atoms with Crippen molar-refractivity contribution in [3.63, 3.8) is 0 Å². The van der Waals surface area contributed by atoms with Crippen LogP contribution in [0.25, 0.3) is 0 Å². The van der Waals surface area contributed by atoms with E-state index in [0.29, 0.717) is 44.7 Å². The fraction of sp³-hybridized carbons (Fsp3) is 0.714. The molecule has 1 aromatic rings. The van der Waals surface area contributed by atoms with Gasteiger partial charge in [0.2, 0.25) is 0 Å². The Balaban J connectivity index is 1.08. The number of rotatable bonds is 6. The van der Waals surface area contributed by atoms with E-state index in [1.807, 2.05) is 6.92 Å². The standard InChI is InChI=1S/C28H39FN4O4/c1-27(26(34)35)7-11-33(12-8-27)25-15-28(37-30-25)17-31(18-28)16-20-13-22(19-3-4-19)23(14-24(20)36-2)32-9-5-21(29)6-10-32/h13-14,19,21H,3-12,15-18H2,1-2H3,(H,34,35). The van der Waals surface area contributed by atoms with Crippen molar-refractivity contribution >= 4 is 17.5 Å². The number of carboxylic acid groups (broad SMARTS) is 1. The van der Waals surface area contributed by atoms with Crippen molar-refractivity contribution in [2.75, 3.05) is 51.3 Å². The normalized spacial score (nSPS) is 25.5. The van der Waals surface area contributed by atoms with Crippen LogP contribution in [-0.4, -0.2) is 84.9 Å². The minimum Gasteiger partial charge on any atom is -0.496 e. The molecule has 1 saturated carbocycles. The van der Waals surface area contributed by atoms with Gasteiger partial charge >= 0.3 is 5.97 Å². The molecule has 4 heterocycles. The van der Waals surface area contributed by atoms with Crippen LogP contribution in [0.1, 0.15) is 68.9 Å². The Bertz CT molecular complexity index is 1070. The molecule has 5 aliphatic rings. The Labute approximate surface area is 218 Å². The maximum atomic E-state index is 13.8. The molecule has 0 atom stereocenters. The lowest BCUT2D eigenvalue weighted by atomic mass is 9.80. The minimum atomic E-state index is -0.708. The Kier molecular flexibility index (Phi) is 6.24. The van der Waals surface area contributed by atoms with E-state index in [2.05, 4.69) is 32.0 Å². The van der Waals surface area contributed by atoms with E-state index in [9.17, 15) is 14.3 Å². The third-order valence-corrected chi connectivity index (χ3v) is 9.20. The van der Waals surface area contributed by atoms with Crippen LogP contribution in [0.4, 0.5) is 10.1 Å². The topological polar surface area (TPSA) is 77.8 Å². The predicted molar refractivity (Wildman–Crippen MR) is 139 cm³/mol. The highest BCUT2D eigenvalue weighted by Crippen LogP contribution is 2.47. The number of anilines is 1. The molecule has 9 heteroatoms. The van der Waals surface area contributed by atoms with Gasteiger partial charge in [-0.15, -0.1) is 0 Å². The fourth-order valence-electron chi connectivity index (χ4n) is 6.47. The van der Waals surface area contributed by atoms with E-state index >= 15 is 0 Å². The number of aliphatic carboxylic acids is 1. The number of methoxy groups -OCH3 is 1. The second-order valence-corrected chi connectivity index (χ2v) is 12.1. The number of hydrogen-bond donors (Lipinski definition) is 1. The van der Waals surface area contributed by atoms with Crippen LogP contribution in [-0.2, 0) is 16.2 Å². The summed E-state index contributed by atoms with van der Waals surface area (Å²) in [7, 11) is 1.74. The molecule has 0 bridgehead atoms. The first kappa shape index (κ1) is 24.8. The molecule has 1 aliphatic carbocycles. The van der Waals surface area contributed by atoms with E-state index in [1.54, 1.807) is 7.11 Å². The second kappa shape index (κ2) is 9.33. The van der Waals surface area contributed by atoms with Gasteiger partial charge in [-0.3, -0.25) is 9.69 Å². The largest absolute Gasteiger partial charge is 0.496 e. The molecule has 0 amide bonds. The summed E-state index contributed by atoms with van der Waals surface area (Å²) in [6.07, 6.45) is 5.01. The molecule has 37 heavy (non-hydrogen) atoms. The highest BCUT2D eigenvalue weighted by Gasteiger charge is 2.51. The number of amidine groups is 1. The summed E-state index contributed by atoms with van der Waals surface area (Å²) in [6, 6.07) is 4.52. The van der Waals surface area contributed by atoms with Gasteiger partial charge in [0.1, 0.15) is 17.8 Å². The Morgan fingerprint density at radius 1 is 1.14 bits per heavy atom. The number of alkyl halides is 1. The molecule has 0 unspecified atom stereocenters. The van der Waals surface area contributed by atoms with Gasteiger partial charge < -0.3 is 24.5 Å². The van der Waals surface area contributed by atoms with Crippen LogP contribution in [0.3, 0.4) is 0 Å². The number of benzene rings is 1. The molecule has 1 N–H and O–H groups in total. The van der Waals surface area contributed by atoms with Crippen LogP contribution >= 0.6 is 0 Å². The summed E-state index contributed by atoms with van der Waals surface area (Å²) in [5.41, 5.74) is 2.91. The molecule has 4 aliphatic heterocycles. The van der Waals surface area contributed by atoms with E-state index in [4.69, 9.17) is 9.57 Å². The summed E-state index contributed by atoms with van der Waals surface area (Å²) in [6.45, 7) is 7.23. The number of piperidine rings is 2. The summed E-state index contributed by atoms with van der Waals surface area (Å²) in [5, 5.41) is 13.9. The Hall–Kier alpha value is -2.55. The van der Waals surface area contributed by atoms with Crippen LogP contribution < -0.4 is 9.64 Å². The fourth-order valence-corrected chi connectivity index (χ4v) is 6.47. The van der Waals surface area contributed by atoms with Crippen molar-refractivity contribution in [2.45, 2.75) is 76.1 Å². The van der Waals surface area contributed by atoms with Gasteiger partial charge in [-0.05, 0) is 63.0 Å². The number of halogens is 1. The number of oxime groups is 1. The van der Waals surface area contributed by atoms with Crippen molar-refractivity contribution in [3.8, 4) is 5.75 Å². The lowest BCUT2D eigenvalue weighted by Crippen LogP contribution is -2.61. The number of carboxylic acids is 1. The molecule has 202 valence electrons. The predicted octanol–water partition coefficient (Wildman–Crippen LogP) is 3.99. The van der Waals surface area contributed by atoms with Crippen molar-refractivity contribution < 1.29 is 23.9 Å². The molecule has 8 nitrogen and oxygen atoms in total. The molecular weight excluding hydrogens is 475 g/mol. The molecule has 0 radical (unpaired) electrons. The lowest BCUT2D eigenvalue weighted by molar-refractivity contribution is -0.150. The van der Waals surface area contributed by atoms with Crippen molar-refractivity contribution in [3.05, 3.63) is 23.3 Å². The highest BCUT2D eigenvalue weighted by atomic mass is 19.1. The van der Waals surface area contributed by atoms with Gasteiger partial charge in [-0.25, -0.2) is 4.39 Å². The number of carbonyl (C=O) groups is 1. The first-order valence-corrected chi connectivity index (χ1v) is 13.8. The van der Waals surface area contributed by atoms with E-state index in [1.165, 1.54) is 29.7 Å². The number of likely N-dealkylation sites (tertiary alicyclic amines) is 2. The van der Waals surface area contributed by atoms with Gasteiger partial charge in [0.05, 0.1) is 18.9 Å². The number of ether oxygens (including phenoxy) is 1. The minimum absolute atomic E-state index is 0.272. The Morgan fingerprint density at radius 2 is 1.84 bits per heavy atom. The average Bonchev–Trinajstić information content (AvgIpc) is 3.63. The molecule has 1 aromatic carbocycles. The molecule has 0 aromatic heterocycles. The average molecular weight is 515 g/mol. The van der Waals surface area contributed by atoms with Gasteiger partial charge in [-0.2, -0.15) is 0 Å². The first-order valence-electron chi connectivity index (χ1n) is 13.8. The maximum absolute atomic E-state index is 13.8. The van der Waals surface area contributed by atoms with Crippen molar-refractivity contribution in [2.24, 2.45) is 10.6 Å². The number of nitrogens with zero attached hydrogens (tertiary/aromatic N) is 4. The van der Waals surface area contributed by atoms with E-state index in [0.717, 1.165) is 50.7 Å². The van der Waals surface area contributed by atoms with Gasteiger partial charge in [-0.1, -0.05) is 5.16 Å². The SMILES string of the molecule is COc1cc(N2CCC(F)CC2)c(C2CC2)cc1CN1CC2(CC(N3CCC(C)(C(=O)O)CC3)=NO2)C1. The first-order chi connectivity index (χ1) is 17.8. The van der Waals surface area contributed by atoms with E-state index in [-0.39, 0.29) is 5.60 Å². The summed E-state index contributed by atoms with van der Waals surface area (Å²) in [5.74, 6) is 1.76. The van der Waals surface area contributed by atoms with Crippen molar-refractivity contribution in [1.82, 2.24) is 9.80 Å². The third kappa shape index (κ3) is 4.75. The molecule has 4 fully saturated rings. The van der Waals surface area contributed by atoms with Crippen LogP contribution in [0.5, 0.6) is 5.75 Å². The summed E-state index contributed by atoms with van der Waals surface area (Å²) in [4.78, 5) is 24.5. The lowest BCUT2D eigenvalue weighted by Gasteiger charge is -2.46. The van der Waals surface area contributed by atoms with Gasteiger partial charge in [0.25, 0.3) is 0 Å².